The molecule has 0 fully saturated rings. The Morgan fingerprint density at radius 2 is 1.85 bits per heavy atom. The van der Waals surface area contributed by atoms with E-state index in [1.54, 1.807) is 6.21 Å². The van der Waals surface area contributed by atoms with Crippen LogP contribution < -0.4 is 5.56 Å². The molecule has 3 nitrogen and oxygen atoms in total. The van der Waals surface area contributed by atoms with Gasteiger partial charge in [0.15, 0.2) is 0 Å². The maximum atomic E-state index is 12.0. The zero-order valence-electron chi connectivity index (χ0n) is 11.1. The molecule has 3 rings (SSSR count). The fraction of sp³-hybridized carbons (Fsp3) is 0.0588. The van der Waals surface area contributed by atoms with Gasteiger partial charge in [-0.15, -0.1) is 0 Å². The maximum absolute atomic E-state index is 12.0. The summed E-state index contributed by atoms with van der Waals surface area (Å²) in [6.07, 6.45) is 1.61. The molecule has 0 aliphatic heterocycles. The molecule has 0 bridgehead atoms. The van der Waals surface area contributed by atoms with Crippen molar-refractivity contribution in [1.29, 1.82) is 0 Å². The van der Waals surface area contributed by atoms with Crippen LogP contribution in [0.25, 0.3) is 10.9 Å². The number of aliphatic imine (C=N–C) groups is 1. The molecule has 0 aliphatic rings. The first-order chi connectivity index (χ1) is 9.72. The van der Waals surface area contributed by atoms with Crippen molar-refractivity contribution in [2.75, 3.05) is 0 Å². The highest BCUT2D eigenvalue weighted by molar-refractivity contribution is 5.88. The number of nitrogens with one attached hydrogen (secondary N) is 1. The second-order valence-corrected chi connectivity index (χ2v) is 4.74. The first kappa shape index (κ1) is 12.4. The van der Waals surface area contributed by atoms with Gasteiger partial charge >= 0.3 is 0 Å². The van der Waals surface area contributed by atoms with Gasteiger partial charge in [-0.3, -0.25) is 9.79 Å². The SMILES string of the molecule is Cc1ccc2[nH]c(=O)c(C=Nc3ccccc3)cc2c1. The minimum atomic E-state index is -0.124. The third-order valence-corrected chi connectivity index (χ3v) is 3.14. The monoisotopic (exact) mass is 262 g/mol. The Bertz CT molecular complexity index is 832. The van der Waals surface area contributed by atoms with E-state index in [4.69, 9.17) is 0 Å². The lowest BCUT2D eigenvalue weighted by atomic mass is 10.1. The highest BCUT2D eigenvalue weighted by Gasteiger charge is 2.01. The molecule has 0 unspecified atom stereocenters. The summed E-state index contributed by atoms with van der Waals surface area (Å²) in [5.41, 5.74) is 3.28. The van der Waals surface area contributed by atoms with Gasteiger partial charge in [0.25, 0.3) is 5.56 Å². The zero-order valence-corrected chi connectivity index (χ0v) is 11.1. The molecular weight excluding hydrogens is 248 g/mol. The number of rotatable bonds is 2. The summed E-state index contributed by atoms with van der Waals surface area (Å²) < 4.78 is 0. The number of nitrogens with zero attached hydrogens (tertiary/aromatic N) is 1. The third kappa shape index (κ3) is 2.52. The lowest BCUT2D eigenvalue weighted by Crippen LogP contribution is -2.11. The summed E-state index contributed by atoms with van der Waals surface area (Å²) in [4.78, 5) is 19.2. The minimum absolute atomic E-state index is 0.124. The normalized spacial score (nSPS) is 11.2. The van der Waals surface area contributed by atoms with Gasteiger partial charge in [-0.2, -0.15) is 0 Å². The Morgan fingerprint density at radius 1 is 1.05 bits per heavy atom. The first-order valence-electron chi connectivity index (χ1n) is 6.45. The number of H-pyrrole nitrogens is 1. The van der Waals surface area contributed by atoms with Gasteiger partial charge in [-0.25, -0.2) is 0 Å². The smallest absolute Gasteiger partial charge is 0.257 e. The Labute approximate surface area is 116 Å². The molecule has 1 heterocycles. The summed E-state index contributed by atoms with van der Waals surface area (Å²) in [5.74, 6) is 0. The van der Waals surface area contributed by atoms with Crippen LogP contribution in [-0.4, -0.2) is 11.2 Å². The number of hydrogen-bond donors (Lipinski definition) is 1. The number of aryl methyl sites for hydroxylation is 1. The number of hydrogen-bond acceptors (Lipinski definition) is 2. The Hall–Kier alpha value is -2.68. The van der Waals surface area contributed by atoms with Crippen LogP contribution >= 0.6 is 0 Å². The molecule has 0 atom stereocenters. The molecule has 2 aromatic carbocycles. The molecule has 98 valence electrons. The Morgan fingerprint density at radius 3 is 2.65 bits per heavy atom. The molecule has 20 heavy (non-hydrogen) atoms. The maximum Gasteiger partial charge on any atom is 0.257 e. The first-order valence-corrected chi connectivity index (χ1v) is 6.45. The number of para-hydroxylation sites is 1. The summed E-state index contributed by atoms with van der Waals surface area (Å²) >= 11 is 0. The number of aromatic nitrogens is 1. The van der Waals surface area contributed by atoms with Crippen molar-refractivity contribution in [2.24, 2.45) is 4.99 Å². The minimum Gasteiger partial charge on any atom is -0.321 e. The number of fused-ring (bicyclic) bond motifs is 1. The van der Waals surface area contributed by atoms with E-state index in [1.807, 2.05) is 61.5 Å². The standard InChI is InChI=1S/C17H14N2O/c1-12-7-8-16-13(9-12)10-14(17(20)19-16)11-18-15-5-3-2-4-6-15/h2-11H,1H3,(H,19,20). The van der Waals surface area contributed by atoms with Crippen LogP contribution in [0.15, 0.2) is 64.4 Å². The van der Waals surface area contributed by atoms with Crippen molar-refractivity contribution in [3.05, 3.63) is 76.1 Å². The molecule has 3 aromatic rings. The van der Waals surface area contributed by atoms with Crippen molar-refractivity contribution in [3.8, 4) is 0 Å². The average molecular weight is 262 g/mol. The lowest BCUT2D eigenvalue weighted by molar-refractivity contribution is 1.29. The molecule has 0 saturated carbocycles. The van der Waals surface area contributed by atoms with Gasteiger partial charge in [-0.05, 0) is 42.6 Å². The summed E-state index contributed by atoms with van der Waals surface area (Å²) in [6, 6.07) is 17.4. The van der Waals surface area contributed by atoms with E-state index < -0.39 is 0 Å². The van der Waals surface area contributed by atoms with Gasteiger partial charge < -0.3 is 4.98 Å². The van der Waals surface area contributed by atoms with E-state index in [9.17, 15) is 4.79 Å². The van der Waals surface area contributed by atoms with Crippen molar-refractivity contribution < 1.29 is 0 Å². The quantitative estimate of drug-likeness (QED) is 0.705. The lowest BCUT2D eigenvalue weighted by Gasteiger charge is -2.01. The van der Waals surface area contributed by atoms with Gasteiger partial charge in [0, 0.05) is 11.7 Å². The molecule has 3 heteroatoms. The molecular formula is C17H14N2O. The highest BCUT2D eigenvalue weighted by atomic mass is 16.1. The van der Waals surface area contributed by atoms with E-state index in [1.165, 1.54) is 0 Å². The summed E-state index contributed by atoms with van der Waals surface area (Å²) in [7, 11) is 0. The predicted octanol–water partition coefficient (Wildman–Crippen LogP) is 3.59. The highest BCUT2D eigenvalue weighted by Crippen LogP contribution is 2.13. The number of benzene rings is 2. The predicted molar refractivity (Wildman–Crippen MR) is 83.0 cm³/mol. The van der Waals surface area contributed by atoms with Gasteiger partial charge in [0.05, 0.1) is 11.3 Å². The molecule has 0 aliphatic carbocycles. The van der Waals surface area contributed by atoms with Crippen LogP contribution in [-0.2, 0) is 0 Å². The van der Waals surface area contributed by atoms with Crippen molar-refractivity contribution in [1.82, 2.24) is 4.98 Å². The fourth-order valence-electron chi connectivity index (χ4n) is 2.10. The number of aromatic amines is 1. The molecule has 1 N–H and O–H groups in total. The summed E-state index contributed by atoms with van der Waals surface area (Å²) in [6.45, 7) is 2.03. The van der Waals surface area contributed by atoms with Crippen LogP contribution in [0.3, 0.4) is 0 Å². The van der Waals surface area contributed by atoms with E-state index in [-0.39, 0.29) is 5.56 Å². The average Bonchev–Trinajstić information content (AvgIpc) is 2.46. The molecule has 0 amide bonds. The van der Waals surface area contributed by atoms with Crippen LogP contribution in [0.1, 0.15) is 11.1 Å². The molecule has 1 aromatic heterocycles. The van der Waals surface area contributed by atoms with Crippen LogP contribution in [0.5, 0.6) is 0 Å². The molecule has 0 spiro atoms. The fourth-order valence-corrected chi connectivity index (χ4v) is 2.10. The topological polar surface area (TPSA) is 45.2 Å². The van der Waals surface area contributed by atoms with Crippen LogP contribution in [0.4, 0.5) is 5.69 Å². The van der Waals surface area contributed by atoms with Crippen LogP contribution in [0, 0.1) is 6.92 Å². The Balaban J connectivity index is 2.05. The van der Waals surface area contributed by atoms with Gasteiger partial charge in [0.2, 0.25) is 0 Å². The Kier molecular flexibility index (Phi) is 3.17. The number of pyridine rings is 1. The van der Waals surface area contributed by atoms with Gasteiger partial charge in [-0.1, -0.05) is 29.8 Å². The van der Waals surface area contributed by atoms with Crippen molar-refractivity contribution in [3.63, 3.8) is 0 Å². The zero-order chi connectivity index (χ0) is 13.9. The van der Waals surface area contributed by atoms with E-state index in [0.29, 0.717) is 5.56 Å². The molecule has 0 saturated heterocycles. The third-order valence-electron chi connectivity index (χ3n) is 3.14. The van der Waals surface area contributed by atoms with E-state index >= 15 is 0 Å². The van der Waals surface area contributed by atoms with Crippen molar-refractivity contribution in [2.45, 2.75) is 6.92 Å². The molecule has 0 radical (unpaired) electrons. The second kappa shape index (κ2) is 5.13. The van der Waals surface area contributed by atoms with E-state index in [2.05, 4.69) is 9.98 Å². The van der Waals surface area contributed by atoms with Gasteiger partial charge in [0.1, 0.15) is 0 Å². The largest absolute Gasteiger partial charge is 0.321 e. The second-order valence-electron chi connectivity index (χ2n) is 4.74. The van der Waals surface area contributed by atoms with Crippen LogP contribution in [0.2, 0.25) is 0 Å². The van der Waals surface area contributed by atoms with E-state index in [0.717, 1.165) is 22.2 Å². The van der Waals surface area contributed by atoms with Crippen molar-refractivity contribution >= 4 is 22.8 Å². The summed E-state index contributed by atoms with van der Waals surface area (Å²) in [5, 5.41) is 1.01.